The van der Waals surface area contributed by atoms with Gasteiger partial charge in [-0.1, -0.05) is 0 Å². The van der Waals surface area contributed by atoms with Crippen molar-refractivity contribution in [3.05, 3.63) is 0 Å². The lowest BCUT2D eigenvalue weighted by atomic mass is 10.1. The molecule has 0 heterocycles. The highest BCUT2D eigenvalue weighted by Crippen LogP contribution is 2.53. The van der Waals surface area contributed by atoms with E-state index in [1.165, 1.54) is 13.8 Å². The van der Waals surface area contributed by atoms with Gasteiger partial charge in [0.15, 0.2) is 0 Å². The zero-order chi connectivity index (χ0) is 10.9. The summed E-state index contributed by atoms with van der Waals surface area (Å²) in [6, 6.07) is 0. The van der Waals surface area contributed by atoms with Crippen LogP contribution in [0.5, 0.6) is 0 Å². The summed E-state index contributed by atoms with van der Waals surface area (Å²) >= 11 is 0. The third-order valence-electron chi connectivity index (χ3n) is 1.80. The molecule has 80 valence electrons. The van der Waals surface area contributed by atoms with Crippen molar-refractivity contribution < 1.29 is 28.7 Å². The highest BCUT2D eigenvalue weighted by molar-refractivity contribution is 7.54. The van der Waals surface area contributed by atoms with Crippen LogP contribution in [0.15, 0.2) is 0 Å². The summed E-state index contributed by atoms with van der Waals surface area (Å²) in [6.07, 6.45) is -0.716. The van der Waals surface area contributed by atoms with Gasteiger partial charge in [-0.3, -0.25) is 9.13 Å². The zero-order valence-corrected chi connectivity index (χ0v) is 9.20. The molecule has 0 atom stereocenters. The Labute approximate surface area is 76.3 Å². The lowest BCUT2D eigenvalue weighted by Crippen LogP contribution is -2.21. The van der Waals surface area contributed by atoms with Gasteiger partial charge in [0.1, 0.15) is 0 Å². The standard InChI is InChI=1S/C5H14O6P2/c1-5(2,13(9,10)11)3-4-12(6,7)8/h3-4H2,1-2H3,(H2,6,7,8)(H2,9,10,11). The van der Waals surface area contributed by atoms with Crippen molar-refractivity contribution in [1.29, 1.82) is 0 Å². The van der Waals surface area contributed by atoms with Crippen LogP contribution in [0.2, 0.25) is 0 Å². The largest absolute Gasteiger partial charge is 0.331 e. The molecule has 0 aliphatic rings. The average molecular weight is 232 g/mol. The molecule has 0 rings (SSSR count). The van der Waals surface area contributed by atoms with E-state index in [9.17, 15) is 9.13 Å². The lowest BCUT2D eigenvalue weighted by molar-refractivity contribution is 0.329. The predicted molar refractivity (Wildman–Crippen MR) is 47.7 cm³/mol. The van der Waals surface area contributed by atoms with Gasteiger partial charge in [-0.2, -0.15) is 0 Å². The van der Waals surface area contributed by atoms with Crippen LogP contribution < -0.4 is 0 Å². The topological polar surface area (TPSA) is 115 Å². The maximum atomic E-state index is 10.8. The quantitative estimate of drug-likeness (QED) is 0.525. The van der Waals surface area contributed by atoms with E-state index in [1.807, 2.05) is 0 Å². The minimum absolute atomic E-state index is 0.207. The van der Waals surface area contributed by atoms with E-state index >= 15 is 0 Å². The molecule has 0 unspecified atom stereocenters. The highest BCUT2D eigenvalue weighted by Gasteiger charge is 2.38. The summed E-state index contributed by atoms with van der Waals surface area (Å²) in [5.41, 5.74) is 0. The molecule has 0 aromatic rings. The molecule has 0 saturated heterocycles. The maximum Gasteiger partial charge on any atom is 0.331 e. The molecule has 0 aromatic carbocycles. The molecular formula is C5H14O6P2. The molecule has 0 amide bonds. The molecule has 6 nitrogen and oxygen atoms in total. The smallest absolute Gasteiger partial charge is 0.324 e. The summed E-state index contributed by atoms with van der Waals surface area (Å²) in [6.45, 7) is 2.56. The normalized spacial score (nSPS) is 14.6. The van der Waals surface area contributed by atoms with Crippen molar-refractivity contribution in [1.82, 2.24) is 0 Å². The number of rotatable bonds is 4. The van der Waals surface area contributed by atoms with Crippen LogP contribution >= 0.6 is 15.2 Å². The Bertz CT molecular complexity index is 260. The van der Waals surface area contributed by atoms with Crippen LogP contribution in [0.4, 0.5) is 0 Å². The van der Waals surface area contributed by atoms with Crippen LogP contribution in [-0.4, -0.2) is 30.9 Å². The molecule has 0 aromatic heterocycles. The van der Waals surface area contributed by atoms with Gasteiger partial charge in [-0.25, -0.2) is 0 Å². The molecule has 13 heavy (non-hydrogen) atoms. The highest BCUT2D eigenvalue weighted by atomic mass is 31.2. The first-order valence-corrected chi connectivity index (χ1v) is 6.97. The van der Waals surface area contributed by atoms with E-state index in [1.54, 1.807) is 0 Å². The van der Waals surface area contributed by atoms with Crippen LogP contribution in [0.3, 0.4) is 0 Å². The molecule has 0 radical (unpaired) electrons. The monoisotopic (exact) mass is 232 g/mol. The Balaban J connectivity index is 4.38. The number of hydrogen-bond donors (Lipinski definition) is 4. The van der Waals surface area contributed by atoms with Gasteiger partial charge in [0.25, 0.3) is 0 Å². The Hall–Kier alpha value is 0.300. The van der Waals surface area contributed by atoms with Crippen molar-refractivity contribution in [2.75, 3.05) is 6.16 Å². The van der Waals surface area contributed by atoms with Gasteiger partial charge in [0, 0.05) is 0 Å². The van der Waals surface area contributed by atoms with E-state index in [4.69, 9.17) is 19.6 Å². The van der Waals surface area contributed by atoms with Gasteiger partial charge < -0.3 is 19.6 Å². The third-order valence-corrected chi connectivity index (χ3v) is 4.41. The van der Waals surface area contributed by atoms with Crippen molar-refractivity contribution in [2.24, 2.45) is 0 Å². The van der Waals surface area contributed by atoms with Crippen LogP contribution in [0.25, 0.3) is 0 Å². The maximum absolute atomic E-state index is 10.8. The minimum atomic E-state index is -4.30. The third kappa shape index (κ3) is 4.91. The lowest BCUT2D eigenvalue weighted by Gasteiger charge is -2.25. The Morgan fingerprint density at radius 3 is 1.69 bits per heavy atom. The summed E-state index contributed by atoms with van der Waals surface area (Å²) in [5.74, 6) is 0. The van der Waals surface area contributed by atoms with E-state index in [-0.39, 0.29) is 6.42 Å². The first-order chi connectivity index (χ1) is 5.46. The zero-order valence-electron chi connectivity index (χ0n) is 7.41. The van der Waals surface area contributed by atoms with Crippen molar-refractivity contribution >= 4 is 15.2 Å². The fraction of sp³-hybridized carbons (Fsp3) is 1.00. The second-order valence-corrected chi connectivity index (χ2v) is 7.57. The SMILES string of the molecule is CC(C)(CCP(=O)(O)O)P(=O)(O)O. The molecule has 0 aliphatic carbocycles. The summed E-state index contributed by atoms with van der Waals surface area (Å²) in [5, 5.41) is -1.38. The fourth-order valence-electron chi connectivity index (χ4n) is 0.565. The van der Waals surface area contributed by atoms with Crippen LogP contribution in [0, 0.1) is 0 Å². The summed E-state index contributed by atoms with van der Waals surface area (Å²) < 4.78 is 21.3. The first kappa shape index (κ1) is 13.3. The van der Waals surface area contributed by atoms with Crippen molar-refractivity contribution in [2.45, 2.75) is 25.4 Å². The van der Waals surface area contributed by atoms with E-state index < -0.39 is 26.5 Å². The fourth-order valence-corrected chi connectivity index (χ4v) is 1.99. The van der Waals surface area contributed by atoms with E-state index in [2.05, 4.69) is 0 Å². The van der Waals surface area contributed by atoms with E-state index in [0.29, 0.717) is 0 Å². The Morgan fingerprint density at radius 2 is 1.46 bits per heavy atom. The van der Waals surface area contributed by atoms with Crippen LogP contribution in [0.1, 0.15) is 20.3 Å². The molecule has 0 spiro atoms. The first-order valence-electron chi connectivity index (χ1n) is 3.56. The van der Waals surface area contributed by atoms with Gasteiger partial charge >= 0.3 is 15.2 Å². The second-order valence-electron chi connectivity index (χ2n) is 3.49. The van der Waals surface area contributed by atoms with Crippen molar-refractivity contribution in [3.8, 4) is 0 Å². The summed E-state index contributed by atoms with van der Waals surface area (Å²) in [4.78, 5) is 34.6. The van der Waals surface area contributed by atoms with Gasteiger partial charge in [0.05, 0.1) is 11.3 Å². The van der Waals surface area contributed by atoms with Crippen LogP contribution in [-0.2, 0) is 9.13 Å². The molecule has 0 fully saturated rings. The second kappa shape index (κ2) is 3.81. The molecule has 0 saturated carbocycles. The Kier molecular flexibility index (Phi) is 3.90. The molecule has 0 bridgehead atoms. The molecular weight excluding hydrogens is 218 g/mol. The summed E-state index contributed by atoms with van der Waals surface area (Å²) in [7, 11) is -8.47. The molecule has 4 N–H and O–H groups in total. The molecule has 8 heteroatoms. The average Bonchev–Trinajstić information content (AvgIpc) is 1.79. The molecule has 0 aliphatic heterocycles. The Morgan fingerprint density at radius 1 is 1.08 bits per heavy atom. The predicted octanol–water partition coefficient (Wildman–Crippen LogP) is 0.510. The number of hydrogen-bond acceptors (Lipinski definition) is 2. The van der Waals surface area contributed by atoms with Crippen molar-refractivity contribution in [3.63, 3.8) is 0 Å². The minimum Gasteiger partial charge on any atom is -0.324 e. The van der Waals surface area contributed by atoms with Gasteiger partial charge in [-0.15, -0.1) is 0 Å². The van der Waals surface area contributed by atoms with Gasteiger partial charge in [-0.05, 0) is 20.3 Å². The van der Waals surface area contributed by atoms with Gasteiger partial charge in [0.2, 0.25) is 0 Å². The van der Waals surface area contributed by atoms with E-state index in [0.717, 1.165) is 0 Å².